The number of fused-ring (bicyclic) bond motifs is 1. The molecule has 0 spiro atoms. The fraction of sp³-hybridized carbons (Fsp3) is 0.250. The minimum Gasteiger partial charge on any atom is -0.260 e. The quantitative estimate of drug-likeness (QED) is 0.616. The molecule has 0 atom stereocenters. The number of pyridine rings is 1. The van der Waals surface area contributed by atoms with Gasteiger partial charge in [-0.05, 0) is 66.1 Å². The maximum Gasteiger partial charge on any atom is 0.123 e. The van der Waals surface area contributed by atoms with Crippen LogP contribution in [0.3, 0.4) is 0 Å². The molecule has 0 saturated heterocycles. The second kappa shape index (κ2) is 4.64. The number of rotatable bonds is 2. The molecule has 1 saturated carbocycles. The molecule has 22 heavy (non-hydrogen) atoms. The van der Waals surface area contributed by atoms with Gasteiger partial charge in [0.15, 0.2) is 0 Å². The van der Waals surface area contributed by atoms with Crippen LogP contribution in [0.15, 0.2) is 48.7 Å². The first-order chi connectivity index (χ1) is 10.5. The summed E-state index contributed by atoms with van der Waals surface area (Å²) in [5, 5.41) is 2.31. The van der Waals surface area contributed by atoms with Gasteiger partial charge in [-0.2, -0.15) is 0 Å². The van der Waals surface area contributed by atoms with Gasteiger partial charge in [-0.15, -0.1) is 0 Å². The van der Waals surface area contributed by atoms with Crippen LogP contribution >= 0.6 is 0 Å². The van der Waals surface area contributed by atoms with Crippen molar-refractivity contribution in [2.24, 2.45) is 0 Å². The first kappa shape index (κ1) is 13.4. The first-order valence-corrected chi connectivity index (χ1v) is 7.72. The van der Waals surface area contributed by atoms with Crippen LogP contribution < -0.4 is 0 Å². The SMILES string of the molecule is Cc1ccc(F)cc1-c1ccc2cc(C3(C)CC3)ncc2c1. The number of hydrogen-bond acceptors (Lipinski definition) is 1. The summed E-state index contributed by atoms with van der Waals surface area (Å²) < 4.78 is 13.5. The predicted octanol–water partition coefficient (Wildman–Crippen LogP) is 5.40. The average molecular weight is 291 g/mol. The van der Waals surface area contributed by atoms with Crippen molar-refractivity contribution >= 4 is 10.8 Å². The molecule has 0 unspecified atom stereocenters. The van der Waals surface area contributed by atoms with Crippen molar-refractivity contribution in [3.05, 3.63) is 65.7 Å². The zero-order chi connectivity index (χ0) is 15.3. The largest absolute Gasteiger partial charge is 0.260 e. The molecule has 1 fully saturated rings. The van der Waals surface area contributed by atoms with E-state index in [0.717, 1.165) is 22.1 Å². The highest BCUT2D eigenvalue weighted by atomic mass is 19.1. The Balaban J connectivity index is 1.82. The van der Waals surface area contributed by atoms with E-state index >= 15 is 0 Å². The highest BCUT2D eigenvalue weighted by Crippen LogP contribution is 2.47. The van der Waals surface area contributed by atoms with Crippen LogP contribution in [0.2, 0.25) is 0 Å². The molecule has 0 bridgehead atoms. The summed E-state index contributed by atoms with van der Waals surface area (Å²) in [6, 6.07) is 13.4. The van der Waals surface area contributed by atoms with Crippen molar-refractivity contribution in [2.75, 3.05) is 0 Å². The Morgan fingerprint density at radius 2 is 1.82 bits per heavy atom. The Bertz CT molecular complexity index is 878. The average Bonchev–Trinajstić information content (AvgIpc) is 3.28. The fourth-order valence-electron chi connectivity index (χ4n) is 2.99. The van der Waals surface area contributed by atoms with Gasteiger partial charge in [-0.1, -0.05) is 25.1 Å². The zero-order valence-corrected chi connectivity index (χ0v) is 12.9. The van der Waals surface area contributed by atoms with E-state index in [4.69, 9.17) is 0 Å². The smallest absolute Gasteiger partial charge is 0.123 e. The van der Waals surface area contributed by atoms with Gasteiger partial charge in [-0.25, -0.2) is 4.39 Å². The maximum atomic E-state index is 13.5. The molecule has 1 aliphatic carbocycles. The van der Waals surface area contributed by atoms with Gasteiger partial charge in [0.2, 0.25) is 0 Å². The summed E-state index contributed by atoms with van der Waals surface area (Å²) in [5.74, 6) is -0.198. The molecule has 1 heterocycles. The van der Waals surface area contributed by atoms with E-state index in [1.54, 1.807) is 6.07 Å². The molecule has 3 aromatic rings. The fourth-order valence-corrected chi connectivity index (χ4v) is 2.99. The summed E-state index contributed by atoms with van der Waals surface area (Å²) in [6.07, 6.45) is 4.41. The van der Waals surface area contributed by atoms with Gasteiger partial charge in [0, 0.05) is 22.7 Å². The van der Waals surface area contributed by atoms with E-state index in [0.29, 0.717) is 0 Å². The summed E-state index contributed by atoms with van der Waals surface area (Å²) in [6.45, 7) is 4.28. The normalized spacial score (nSPS) is 16.0. The third kappa shape index (κ3) is 2.19. The minimum atomic E-state index is -0.198. The molecular formula is C20H18FN. The molecule has 0 aliphatic heterocycles. The highest BCUT2D eigenvalue weighted by molar-refractivity contribution is 5.87. The first-order valence-electron chi connectivity index (χ1n) is 7.72. The Morgan fingerprint density at radius 3 is 2.59 bits per heavy atom. The topological polar surface area (TPSA) is 12.9 Å². The van der Waals surface area contributed by atoms with Gasteiger partial charge >= 0.3 is 0 Å². The van der Waals surface area contributed by atoms with E-state index < -0.39 is 0 Å². The number of halogens is 1. The molecule has 0 N–H and O–H groups in total. The monoisotopic (exact) mass is 291 g/mol. The lowest BCUT2D eigenvalue weighted by Crippen LogP contribution is -2.02. The second-order valence-corrected chi connectivity index (χ2v) is 6.65. The second-order valence-electron chi connectivity index (χ2n) is 6.65. The molecule has 0 amide bonds. The minimum absolute atomic E-state index is 0.198. The van der Waals surface area contributed by atoms with Crippen LogP contribution in [0.25, 0.3) is 21.9 Å². The summed E-state index contributed by atoms with van der Waals surface area (Å²) in [7, 11) is 0. The van der Waals surface area contributed by atoms with Crippen LogP contribution in [0, 0.1) is 12.7 Å². The molecule has 1 nitrogen and oxygen atoms in total. The molecule has 4 rings (SSSR count). The molecule has 110 valence electrons. The Hall–Kier alpha value is -2.22. The molecular weight excluding hydrogens is 273 g/mol. The third-order valence-electron chi connectivity index (χ3n) is 4.85. The summed E-state index contributed by atoms with van der Waals surface area (Å²) in [4.78, 5) is 4.64. The number of hydrogen-bond donors (Lipinski definition) is 0. The lowest BCUT2D eigenvalue weighted by atomic mass is 9.97. The lowest BCUT2D eigenvalue weighted by Gasteiger charge is -2.11. The van der Waals surface area contributed by atoms with Crippen molar-refractivity contribution in [3.63, 3.8) is 0 Å². The third-order valence-corrected chi connectivity index (χ3v) is 4.85. The highest BCUT2D eigenvalue weighted by Gasteiger charge is 2.40. The number of aromatic nitrogens is 1. The number of aryl methyl sites for hydroxylation is 1. The van der Waals surface area contributed by atoms with Crippen molar-refractivity contribution in [3.8, 4) is 11.1 Å². The Morgan fingerprint density at radius 1 is 1.00 bits per heavy atom. The zero-order valence-electron chi connectivity index (χ0n) is 12.9. The van der Waals surface area contributed by atoms with Crippen molar-refractivity contribution < 1.29 is 4.39 Å². The Labute approximate surface area is 129 Å². The molecule has 2 aromatic carbocycles. The van der Waals surface area contributed by atoms with Crippen molar-refractivity contribution in [2.45, 2.75) is 32.1 Å². The van der Waals surface area contributed by atoms with Crippen LogP contribution in [0.1, 0.15) is 31.0 Å². The molecule has 1 aliphatic rings. The van der Waals surface area contributed by atoms with E-state index in [2.05, 4.69) is 36.2 Å². The molecule has 2 heteroatoms. The van der Waals surface area contributed by atoms with Crippen LogP contribution in [0.4, 0.5) is 4.39 Å². The number of nitrogens with zero attached hydrogens (tertiary/aromatic N) is 1. The lowest BCUT2D eigenvalue weighted by molar-refractivity contribution is 0.628. The number of benzene rings is 2. The van der Waals surface area contributed by atoms with E-state index in [-0.39, 0.29) is 11.2 Å². The van der Waals surface area contributed by atoms with Gasteiger partial charge in [0.25, 0.3) is 0 Å². The van der Waals surface area contributed by atoms with E-state index in [9.17, 15) is 4.39 Å². The van der Waals surface area contributed by atoms with Gasteiger partial charge in [-0.3, -0.25) is 4.98 Å². The van der Waals surface area contributed by atoms with Crippen LogP contribution in [0.5, 0.6) is 0 Å². The predicted molar refractivity (Wildman–Crippen MR) is 88.5 cm³/mol. The van der Waals surface area contributed by atoms with Crippen LogP contribution in [-0.2, 0) is 5.41 Å². The summed E-state index contributed by atoms with van der Waals surface area (Å²) >= 11 is 0. The maximum absolute atomic E-state index is 13.5. The Kier molecular flexibility index (Phi) is 2.83. The van der Waals surface area contributed by atoms with E-state index in [1.165, 1.54) is 30.0 Å². The molecule has 0 radical (unpaired) electrons. The van der Waals surface area contributed by atoms with Gasteiger partial charge < -0.3 is 0 Å². The standard InChI is InChI=1S/C20H18FN/c1-13-3-6-17(21)11-18(13)15-5-4-14-10-19(20(2)7-8-20)22-12-16(14)9-15/h3-6,9-12H,7-8H2,1-2H3. The molecule has 1 aromatic heterocycles. The van der Waals surface area contributed by atoms with Gasteiger partial charge in [0.05, 0.1) is 0 Å². The van der Waals surface area contributed by atoms with Gasteiger partial charge in [0.1, 0.15) is 5.82 Å². The van der Waals surface area contributed by atoms with Crippen LogP contribution in [-0.4, -0.2) is 4.98 Å². The van der Waals surface area contributed by atoms with Crippen molar-refractivity contribution in [1.29, 1.82) is 0 Å². The summed E-state index contributed by atoms with van der Waals surface area (Å²) in [5.41, 5.74) is 4.54. The van der Waals surface area contributed by atoms with E-state index in [1.807, 2.05) is 19.2 Å². The van der Waals surface area contributed by atoms with Crippen molar-refractivity contribution in [1.82, 2.24) is 4.98 Å².